The molecule has 4 nitrogen and oxygen atoms in total. The average Bonchev–Trinajstić information content (AvgIpc) is 2.76. The van der Waals surface area contributed by atoms with Crippen molar-refractivity contribution >= 4 is 28.8 Å². The number of allylic oxidation sites excluding steroid dienone is 1. The molecule has 2 aromatic rings. The first kappa shape index (κ1) is 25.2. The van der Waals surface area contributed by atoms with E-state index in [4.69, 9.17) is 0 Å². The third-order valence-electron chi connectivity index (χ3n) is 7.88. The van der Waals surface area contributed by atoms with Gasteiger partial charge in [-0.2, -0.15) is 0 Å². The fourth-order valence-corrected chi connectivity index (χ4v) is 6.62. The lowest BCUT2D eigenvalue weighted by atomic mass is 9.64. The zero-order valence-corrected chi connectivity index (χ0v) is 22.7. The highest BCUT2D eigenvalue weighted by Gasteiger charge is 2.48. The molecule has 0 saturated heterocycles. The molecule has 2 aromatic carbocycles. The van der Waals surface area contributed by atoms with E-state index in [1.165, 1.54) is 16.7 Å². The molecule has 2 aliphatic heterocycles. The van der Waals surface area contributed by atoms with E-state index in [-0.39, 0.29) is 28.3 Å². The summed E-state index contributed by atoms with van der Waals surface area (Å²) in [4.78, 5) is 29.9. The number of para-hydroxylation sites is 1. The maximum atomic E-state index is 13.4. The second kappa shape index (κ2) is 8.65. The van der Waals surface area contributed by atoms with E-state index in [1.807, 2.05) is 15.9 Å². The minimum absolute atomic E-state index is 0.0457. The molecule has 2 amide bonds. The fraction of sp³-hybridized carbons (Fsp3) is 0.484. The number of anilines is 2. The predicted octanol–water partition coefficient (Wildman–Crippen LogP) is 7.25. The molecule has 0 aromatic heterocycles. The Morgan fingerprint density at radius 3 is 2.29 bits per heavy atom. The van der Waals surface area contributed by atoms with E-state index in [9.17, 15) is 9.59 Å². The van der Waals surface area contributed by atoms with E-state index in [0.717, 1.165) is 36.2 Å². The second-order valence-corrected chi connectivity index (χ2v) is 11.7. The molecule has 0 N–H and O–H groups in total. The highest BCUT2D eigenvalue weighted by atomic mass is 16.2. The summed E-state index contributed by atoms with van der Waals surface area (Å²) in [7, 11) is 0. The van der Waals surface area contributed by atoms with Gasteiger partial charge in [-0.25, -0.2) is 0 Å². The average molecular weight is 473 g/mol. The number of benzene rings is 2. The quantitative estimate of drug-likeness (QED) is 0.470. The van der Waals surface area contributed by atoms with Crippen molar-refractivity contribution in [2.75, 3.05) is 9.80 Å². The van der Waals surface area contributed by atoms with Gasteiger partial charge >= 0.3 is 0 Å². The summed E-state index contributed by atoms with van der Waals surface area (Å²) < 4.78 is 0. The molecule has 0 spiro atoms. The van der Waals surface area contributed by atoms with E-state index in [1.54, 1.807) is 6.92 Å². The van der Waals surface area contributed by atoms with Crippen molar-refractivity contribution in [2.24, 2.45) is 0 Å². The lowest BCUT2D eigenvalue weighted by Crippen LogP contribution is -2.55. The molecule has 0 saturated carbocycles. The number of rotatable bonds is 4. The summed E-state index contributed by atoms with van der Waals surface area (Å²) in [6, 6.07) is 15.0. The Hall–Kier alpha value is -2.88. The van der Waals surface area contributed by atoms with Crippen LogP contribution in [-0.2, 0) is 15.0 Å². The Morgan fingerprint density at radius 2 is 1.63 bits per heavy atom. The number of hydrogen-bond acceptors (Lipinski definition) is 2. The summed E-state index contributed by atoms with van der Waals surface area (Å²) in [5.74, 6) is 0.249. The summed E-state index contributed by atoms with van der Waals surface area (Å²) in [6.07, 6.45) is 5.50. The monoisotopic (exact) mass is 472 g/mol. The topological polar surface area (TPSA) is 40.6 Å². The van der Waals surface area contributed by atoms with E-state index >= 15 is 0 Å². The molecule has 2 heterocycles. The SMILES string of the molecule is CCCCC(=O)N1c2ccccc2C(C)(c2ccc3c(c2)C(C)=CC(C)(C)N3C(C)=O)CC1(C)C. The molecule has 4 heteroatoms. The largest absolute Gasteiger partial charge is 0.307 e. The van der Waals surface area contributed by atoms with Gasteiger partial charge in [0, 0.05) is 35.5 Å². The molecule has 0 radical (unpaired) electrons. The van der Waals surface area contributed by atoms with Crippen molar-refractivity contribution in [2.45, 2.75) is 97.6 Å². The number of carbonyl (C=O) groups is 2. The van der Waals surface area contributed by atoms with Crippen LogP contribution in [-0.4, -0.2) is 22.9 Å². The number of unbranched alkanes of at least 4 members (excludes halogenated alkanes) is 1. The first-order chi connectivity index (χ1) is 16.3. The standard InChI is InChI=1S/C31H40N2O2/c1-9-10-15-28(35)33-27-14-12-11-13-25(27)31(8,20-30(33,6)7)23-16-17-26-24(18-23)21(2)19-29(4,5)32(26)22(3)34/h11-14,16-19H,9-10,15,20H2,1-8H3. The van der Waals surface area contributed by atoms with Crippen LogP contribution in [0.15, 0.2) is 48.5 Å². The van der Waals surface area contributed by atoms with Gasteiger partial charge in [-0.1, -0.05) is 50.6 Å². The smallest absolute Gasteiger partial charge is 0.227 e. The summed E-state index contributed by atoms with van der Waals surface area (Å²) in [5.41, 5.74) is 5.71. The predicted molar refractivity (Wildman–Crippen MR) is 146 cm³/mol. The highest BCUT2D eigenvalue weighted by Crippen LogP contribution is 2.52. The zero-order valence-electron chi connectivity index (χ0n) is 22.7. The molecule has 35 heavy (non-hydrogen) atoms. The highest BCUT2D eigenvalue weighted by molar-refractivity contribution is 6.00. The van der Waals surface area contributed by atoms with Crippen molar-refractivity contribution in [3.05, 3.63) is 65.2 Å². The van der Waals surface area contributed by atoms with Gasteiger partial charge in [-0.05, 0) is 82.4 Å². The molecular formula is C31H40N2O2. The van der Waals surface area contributed by atoms with Gasteiger partial charge in [0.15, 0.2) is 0 Å². The normalized spacial score (nSPS) is 22.2. The summed E-state index contributed by atoms with van der Waals surface area (Å²) in [6.45, 7) is 16.7. The van der Waals surface area contributed by atoms with Gasteiger partial charge in [-0.3, -0.25) is 9.59 Å². The van der Waals surface area contributed by atoms with Gasteiger partial charge in [0.05, 0.1) is 11.2 Å². The van der Waals surface area contributed by atoms with Crippen molar-refractivity contribution in [3.8, 4) is 0 Å². The molecule has 186 valence electrons. The molecule has 2 aliphatic rings. The van der Waals surface area contributed by atoms with Gasteiger partial charge in [0.1, 0.15) is 0 Å². The molecule has 0 fully saturated rings. The van der Waals surface area contributed by atoms with Crippen LogP contribution < -0.4 is 9.80 Å². The van der Waals surface area contributed by atoms with Crippen LogP contribution in [0.4, 0.5) is 11.4 Å². The maximum Gasteiger partial charge on any atom is 0.227 e. The van der Waals surface area contributed by atoms with Crippen molar-refractivity contribution in [1.82, 2.24) is 0 Å². The van der Waals surface area contributed by atoms with Crippen molar-refractivity contribution in [3.63, 3.8) is 0 Å². The lowest BCUT2D eigenvalue weighted by Gasteiger charge is -2.51. The molecule has 1 atom stereocenters. The first-order valence-electron chi connectivity index (χ1n) is 12.9. The Bertz CT molecular complexity index is 1210. The lowest BCUT2D eigenvalue weighted by molar-refractivity contribution is -0.120. The van der Waals surface area contributed by atoms with Gasteiger partial charge in [0.25, 0.3) is 0 Å². The number of nitrogens with zero attached hydrogens (tertiary/aromatic N) is 2. The zero-order chi connectivity index (χ0) is 25.8. The van der Waals surface area contributed by atoms with Gasteiger partial charge < -0.3 is 9.80 Å². The van der Waals surface area contributed by atoms with E-state index in [2.05, 4.69) is 90.9 Å². The van der Waals surface area contributed by atoms with Crippen LogP contribution in [0.1, 0.15) is 97.8 Å². The summed E-state index contributed by atoms with van der Waals surface area (Å²) >= 11 is 0. The van der Waals surface area contributed by atoms with E-state index in [0.29, 0.717) is 6.42 Å². The Kier molecular flexibility index (Phi) is 6.24. The van der Waals surface area contributed by atoms with Crippen LogP contribution >= 0.6 is 0 Å². The molecule has 0 bridgehead atoms. The van der Waals surface area contributed by atoms with Crippen LogP contribution in [0, 0.1) is 0 Å². The Balaban J connectivity index is 1.87. The molecule has 0 aliphatic carbocycles. The van der Waals surface area contributed by atoms with Crippen LogP contribution in [0.5, 0.6) is 0 Å². The van der Waals surface area contributed by atoms with Crippen LogP contribution in [0.3, 0.4) is 0 Å². The minimum Gasteiger partial charge on any atom is -0.307 e. The first-order valence-corrected chi connectivity index (χ1v) is 12.9. The molecule has 1 unspecified atom stereocenters. The molecule has 4 rings (SSSR count). The Morgan fingerprint density at radius 1 is 0.943 bits per heavy atom. The number of hydrogen-bond donors (Lipinski definition) is 0. The number of carbonyl (C=O) groups excluding carboxylic acids is 2. The third-order valence-corrected chi connectivity index (χ3v) is 7.88. The van der Waals surface area contributed by atoms with Gasteiger partial charge in [-0.15, -0.1) is 0 Å². The second-order valence-electron chi connectivity index (χ2n) is 11.7. The maximum absolute atomic E-state index is 13.4. The minimum atomic E-state index is -0.368. The third kappa shape index (κ3) is 4.11. The summed E-state index contributed by atoms with van der Waals surface area (Å²) in [5, 5.41) is 0. The fourth-order valence-electron chi connectivity index (χ4n) is 6.62. The van der Waals surface area contributed by atoms with Crippen LogP contribution in [0.25, 0.3) is 5.57 Å². The number of amides is 2. The number of fused-ring (bicyclic) bond motifs is 2. The Labute approximate surface area is 211 Å². The van der Waals surface area contributed by atoms with Crippen LogP contribution in [0.2, 0.25) is 0 Å². The molecular weight excluding hydrogens is 432 g/mol. The van der Waals surface area contributed by atoms with Crippen molar-refractivity contribution in [1.29, 1.82) is 0 Å². The van der Waals surface area contributed by atoms with E-state index < -0.39 is 0 Å². The van der Waals surface area contributed by atoms with Crippen molar-refractivity contribution < 1.29 is 9.59 Å². The van der Waals surface area contributed by atoms with Gasteiger partial charge in [0.2, 0.25) is 11.8 Å².